The fourth-order valence-electron chi connectivity index (χ4n) is 1.20. The van der Waals surface area contributed by atoms with Crippen LogP contribution in [-0.2, 0) is 6.42 Å². The molecule has 74 valence electrons. The van der Waals surface area contributed by atoms with Gasteiger partial charge in [-0.15, -0.1) is 21.5 Å². The fourth-order valence-corrected chi connectivity index (χ4v) is 3.26. The molecule has 0 N–H and O–H groups in total. The molecule has 0 spiro atoms. The summed E-state index contributed by atoms with van der Waals surface area (Å²) < 4.78 is 0. The van der Waals surface area contributed by atoms with Crippen molar-refractivity contribution in [3.05, 3.63) is 10.0 Å². The van der Waals surface area contributed by atoms with E-state index in [1.54, 1.807) is 11.3 Å². The molecular weight excluding hydrogens is 248 g/mol. The van der Waals surface area contributed by atoms with Crippen molar-refractivity contribution >= 4 is 27.3 Å². The second-order valence-corrected chi connectivity index (χ2v) is 6.21. The molecule has 0 bridgehead atoms. The van der Waals surface area contributed by atoms with Crippen LogP contribution in [0.5, 0.6) is 0 Å². The van der Waals surface area contributed by atoms with E-state index in [0.29, 0.717) is 4.83 Å². The molecule has 0 amide bonds. The van der Waals surface area contributed by atoms with E-state index < -0.39 is 0 Å². The van der Waals surface area contributed by atoms with Crippen LogP contribution in [0.2, 0.25) is 0 Å². The molecule has 2 nitrogen and oxygen atoms in total. The number of alkyl halides is 1. The second kappa shape index (κ2) is 5.05. The van der Waals surface area contributed by atoms with Gasteiger partial charge in [-0.25, -0.2) is 0 Å². The van der Waals surface area contributed by atoms with E-state index >= 15 is 0 Å². The van der Waals surface area contributed by atoms with E-state index in [1.165, 1.54) is 6.42 Å². The van der Waals surface area contributed by atoms with Gasteiger partial charge in [0.25, 0.3) is 0 Å². The quantitative estimate of drug-likeness (QED) is 0.779. The zero-order valence-corrected chi connectivity index (χ0v) is 10.7. The van der Waals surface area contributed by atoms with Crippen molar-refractivity contribution in [3.8, 4) is 0 Å². The Labute approximate surface area is 91.9 Å². The predicted molar refractivity (Wildman–Crippen MR) is 60.5 cm³/mol. The average Bonchev–Trinajstić information content (AvgIpc) is 2.33. The molecule has 1 heterocycles. The molecule has 0 saturated heterocycles. The lowest BCUT2D eigenvalue weighted by atomic mass is 10.1. The van der Waals surface area contributed by atoms with E-state index in [0.717, 1.165) is 22.4 Å². The van der Waals surface area contributed by atoms with Gasteiger partial charge < -0.3 is 0 Å². The molecule has 4 heteroatoms. The Morgan fingerprint density at radius 2 is 2.08 bits per heavy atom. The third kappa shape index (κ3) is 4.18. The molecular formula is C9H15BrN2S. The van der Waals surface area contributed by atoms with Gasteiger partial charge in [0, 0.05) is 11.2 Å². The lowest BCUT2D eigenvalue weighted by Crippen LogP contribution is -2.06. The van der Waals surface area contributed by atoms with Gasteiger partial charge in [0.15, 0.2) is 0 Å². The fraction of sp³-hybridized carbons (Fsp3) is 0.778. The lowest BCUT2D eigenvalue weighted by molar-refractivity contribution is 0.569. The van der Waals surface area contributed by atoms with Crippen molar-refractivity contribution in [2.24, 2.45) is 5.92 Å². The first-order valence-electron chi connectivity index (χ1n) is 4.51. The number of nitrogens with zero attached hydrogens (tertiary/aromatic N) is 2. The zero-order chi connectivity index (χ0) is 9.84. The molecule has 1 rings (SSSR count). The monoisotopic (exact) mass is 262 g/mol. The standard InChI is InChI=1S/C9H15BrN2S/c1-6(2)4-8(10)5-9-12-11-7(3)13-9/h6,8H,4-5H2,1-3H3. The summed E-state index contributed by atoms with van der Waals surface area (Å²) in [4.78, 5) is 0.542. The minimum atomic E-state index is 0.542. The Hall–Kier alpha value is 0.0400. The molecule has 0 aliphatic rings. The summed E-state index contributed by atoms with van der Waals surface area (Å²) in [7, 11) is 0. The van der Waals surface area contributed by atoms with Crippen LogP contribution in [0.1, 0.15) is 30.3 Å². The second-order valence-electron chi connectivity index (χ2n) is 3.65. The number of aromatic nitrogens is 2. The molecule has 0 saturated carbocycles. The van der Waals surface area contributed by atoms with E-state index in [-0.39, 0.29) is 0 Å². The summed E-state index contributed by atoms with van der Waals surface area (Å²) in [6.07, 6.45) is 2.20. The lowest BCUT2D eigenvalue weighted by Gasteiger charge is -2.09. The first kappa shape index (κ1) is 11.1. The Morgan fingerprint density at radius 3 is 2.54 bits per heavy atom. The van der Waals surface area contributed by atoms with Crippen molar-refractivity contribution in [3.63, 3.8) is 0 Å². The molecule has 1 atom stereocenters. The van der Waals surface area contributed by atoms with Gasteiger partial charge in [0.05, 0.1) is 0 Å². The topological polar surface area (TPSA) is 25.8 Å². The highest BCUT2D eigenvalue weighted by atomic mass is 79.9. The molecule has 1 aromatic rings. The van der Waals surface area contributed by atoms with E-state index in [9.17, 15) is 0 Å². The number of hydrogen-bond donors (Lipinski definition) is 0. The third-order valence-corrected chi connectivity index (χ3v) is 3.25. The highest BCUT2D eigenvalue weighted by molar-refractivity contribution is 9.09. The summed E-state index contributed by atoms with van der Waals surface area (Å²) in [5.41, 5.74) is 0. The van der Waals surface area contributed by atoms with E-state index in [1.807, 2.05) is 6.92 Å². The van der Waals surface area contributed by atoms with Crippen LogP contribution in [0.25, 0.3) is 0 Å². The SMILES string of the molecule is Cc1nnc(CC(Br)CC(C)C)s1. The summed E-state index contributed by atoms with van der Waals surface area (Å²) in [5, 5.41) is 10.3. The van der Waals surface area contributed by atoms with Crippen LogP contribution >= 0.6 is 27.3 Å². The molecule has 0 aliphatic carbocycles. The first-order valence-corrected chi connectivity index (χ1v) is 6.24. The van der Waals surface area contributed by atoms with Crippen LogP contribution < -0.4 is 0 Å². The van der Waals surface area contributed by atoms with Gasteiger partial charge in [0.1, 0.15) is 10.0 Å². The summed E-state index contributed by atoms with van der Waals surface area (Å²) in [5.74, 6) is 0.735. The van der Waals surface area contributed by atoms with Gasteiger partial charge in [0.2, 0.25) is 0 Å². The largest absolute Gasteiger partial charge is 0.144 e. The van der Waals surface area contributed by atoms with Crippen LogP contribution in [0, 0.1) is 12.8 Å². The number of halogens is 1. The number of hydrogen-bond acceptors (Lipinski definition) is 3. The Kier molecular flexibility index (Phi) is 4.32. The molecule has 1 aromatic heterocycles. The molecule has 13 heavy (non-hydrogen) atoms. The van der Waals surface area contributed by atoms with E-state index in [2.05, 4.69) is 40.0 Å². The van der Waals surface area contributed by atoms with Crippen molar-refractivity contribution in [1.29, 1.82) is 0 Å². The van der Waals surface area contributed by atoms with Crippen LogP contribution in [0.4, 0.5) is 0 Å². The summed E-state index contributed by atoms with van der Waals surface area (Å²) >= 11 is 5.35. The average molecular weight is 263 g/mol. The Bertz CT molecular complexity index is 260. The molecule has 0 aliphatic heterocycles. The maximum atomic E-state index is 4.10. The van der Waals surface area contributed by atoms with Crippen LogP contribution in [0.3, 0.4) is 0 Å². The van der Waals surface area contributed by atoms with Crippen molar-refractivity contribution < 1.29 is 0 Å². The molecule has 0 fully saturated rings. The predicted octanol–water partition coefficient (Wildman–Crippen LogP) is 3.20. The maximum Gasteiger partial charge on any atom is 0.118 e. The van der Waals surface area contributed by atoms with Crippen molar-refractivity contribution in [1.82, 2.24) is 10.2 Å². The number of aryl methyl sites for hydroxylation is 1. The third-order valence-electron chi connectivity index (χ3n) is 1.69. The Balaban J connectivity index is 2.40. The van der Waals surface area contributed by atoms with Crippen LogP contribution in [0.15, 0.2) is 0 Å². The minimum Gasteiger partial charge on any atom is -0.144 e. The van der Waals surface area contributed by atoms with Crippen molar-refractivity contribution in [2.75, 3.05) is 0 Å². The van der Waals surface area contributed by atoms with Gasteiger partial charge in [-0.1, -0.05) is 29.8 Å². The molecule has 0 aromatic carbocycles. The van der Waals surface area contributed by atoms with Gasteiger partial charge in [-0.3, -0.25) is 0 Å². The summed E-state index contributed by atoms with van der Waals surface area (Å²) in [6.45, 7) is 6.46. The summed E-state index contributed by atoms with van der Waals surface area (Å²) in [6, 6.07) is 0. The smallest absolute Gasteiger partial charge is 0.118 e. The highest BCUT2D eigenvalue weighted by Gasteiger charge is 2.10. The Morgan fingerprint density at radius 1 is 1.38 bits per heavy atom. The molecule has 0 radical (unpaired) electrons. The molecule has 1 unspecified atom stereocenters. The van der Waals surface area contributed by atoms with Crippen LogP contribution in [-0.4, -0.2) is 15.0 Å². The van der Waals surface area contributed by atoms with Gasteiger partial charge in [-0.2, -0.15) is 0 Å². The van der Waals surface area contributed by atoms with Crippen molar-refractivity contribution in [2.45, 2.75) is 38.4 Å². The zero-order valence-electron chi connectivity index (χ0n) is 8.25. The number of rotatable bonds is 4. The highest BCUT2D eigenvalue weighted by Crippen LogP contribution is 2.19. The van der Waals surface area contributed by atoms with E-state index in [4.69, 9.17) is 0 Å². The van der Waals surface area contributed by atoms with Gasteiger partial charge >= 0.3 is 0 Å². The first-order chi connectivity index (χ1) is 6.08. The maximum absolute atomic E-state index is 4.10. The normalized spacial score (nSPS) is 13.6. The van der Waals surface area contributed by atoms with Gasteiger partial charge in [-0.05, 0) is 19.3 Å². The minimum absolute atomic E-state index is 0.542.